The molecule has 0 aliphatic rings. The summed E-state index contributed by atoms with van der Waals surface area (Å²) in [6, 6.07) is 34.3. The average Bonchev–Trinajstić information content (AvgIpc) is 4.03. The third-order valence-corrected chi connectivity index (χ3v) is 12.8. The summed E-state index contributed by atoms with van der Waals surface area (Å²) in [5.74, 6) is 0. The molecule has 9 nitrogen and oxygen atoms in total. The molecule has 0 N–H and O–H groups in total. The molecule has 0 saturated heterocycles. The van der Waals surface area contributed by atoms with Gasteiger partial charge in [0.15, 0.2) is 0 Å². The van der Waals surface area contributed by atoms with Crippen LogP contribution in [0, 0.1) is 0 Å². The quantitative estimate of drug-likeness (QED) is 0.105. The maximum atomic E-state index is 5.45. The minimum atomic E-state index is -0.835. The van der Waals surface area contributed by atoms with Crippen molar-refractivity contribution in [3.63, 3.8) is 0 Å². The van der Waals surface area contributed by atoms with E-state index in [4.69, 9.17) is 58.8 Å². The van der Waals surface area contributed by atoms with Crippen LogP contribution in [0.3, 0.4) is 0 Å². The van der Waals surface area contributed by atoms with E-state index in [1.165, 1.54) is 0 Å². The van der Waals surface area contributed by atoms with Gasteiger partial charge in [-0.1, -0.05) is 0 Å². The molecule has 0 atom stereocenters. The topological polar surface area (TPSA) is 118 Å². The molecule has 0 fully saturated rings. The van der Waals surface area contributed by atoms with E-state index >= 15 is 0 Å². The molecule has 9 heterocycles. The summed E-state index contributed by atoms with van der Waals surface area (Å²) in [6.45, 7) is 0. The van der Waals surface area contributed by atoms with E-state index in [1.54, 1.807) is 56.4 Å². The smallest absolute Gasteiger partial charge is 0.140 e. The van der Waals surface area contributed by atoms with Gasteiger partial charge in [0, 0.05) is 0 Å². The van der Waals surface area contributed by atoms with Crippen LogP contribution in [0.2, 0.25) is 0 Å². The molecule has 0 spiro atoms. The fraction of sp³-hybridized carbons (Fsp3) is 0. The van der Waals surface area contributed by atoms with Crippen molar-refractivity contribution in [3.05, 3.63) is 166 Å². The normalized spacial score (nSPS) is 10.8. The molecule has 0 radical (unpaired) electrons. The van der Waals surface area contributed by atoms with Crippen molar-refractivity contribution in [3.8, 4) is 0 Å². The van der Waals surface area contributed by atoms with E-state index in [-0.39, 0.29) is 15.9 Å². The van der Waals surface area contributed by atoms with Crippen molar-refractivity contribution < 1.29 is 55.7 Å². The van der Waals surface area contributed by atoms with E-state index in [9.17, 15) is 0 Å². The second-order valence-electron chi connectivity index (χ2n) is 9.61. The zero-order chi connectivity index (χ0) is 35.1. The first-order valence-corrected chi connectivity index (χ1v) is 22.8. The van der Waals surface area contributed by atoms with Gasteiger partial charge in [-0.05, 0) is 109 Å². The van der Waals surface area contributed by atoms with Crippen LogP contribution in [-0.4, -0.2) is 0 Å². The van der Waals surface area contributed by atoms with Crippen molar-refractivity contribution >= 4 is 92.3 Å². The van der Waals surface area contributed by atoms with Crippen LogP contribution in [0.15, 0.2) is 205 Å². The van der Waals surface area contributed by atoms with Gasteiger partial charge in [0.05, 0.1) is 56.4 Å². The van der Waals surface area contributed by atoms with Gasteiger partial charge in [-0.15, -0.1) is 0 Å². The monoisotopic (exact) mass is 872 g/mol. The Hall–Kier alpha value is -3.95. The molecule has 264 valence electrons. The Bertz CT molecular complexity index is 1610. The first-order chi connectivity index (χ1) is 25.3. The standard InChI is InChI=1S/3C12H9O3P.2ClH.Pd/c3*1-4-10(13-7-1)16(11-5-2-8-14-11)12-6-3-9-15-12;;;/h3*1-9H;2*1H;/q;;;;;+2/p-2. The first-order valence-electron chi connectivity index (χ1n) is 14.8. The second kappa shape index (κ2) is 19.6. The fourth-order valence-corrected chi connectivity index (χ4v) is 10.1. The molecule has 9 aromatic rings. The molecule has 0 aliphatic carbocycles. The average molecular weight is 874 g/mol. The van der Waals surface area contributed by atoms with Gasteiger partial charge < -0.3 is 39.8 Å². The molecule has 0 unspecified atom stereocenters. The van der Waals surface area contributed by atoms with Crippen LogP contribution >= 0.6 is 42.8 Å². The zero-order valence-corrected chi connectivity index (χ0v) is 31.9. The third-order valence-electron chi connectivity index (χ3n) is 6.54. The van der Waals surface area contributed by atoms with Crippen molar-refractivity contribution in [1.82, 2.24) is 0 Å². The number of halogens is 2. The van der Waals surface area contributed by atoms with Gasteiger partial charge in [-0.25, -0.2) is 0 Å². The van der Waals surface area contributed by atoms with Crippen molar-refractivity contribution in [2.45, 2.75) is 0 Å². The minimum absolute atomic E-state index is 0.106. The summed E-state index contributed by atoms with van der Waals surface area (Å²) in [6.07, 6.45) is 15.0. The molecule has 9 aromatic heterocycles. The van der Waals surface area contributed by atoms with E-state index in [0.717, 1.165) is 49.5 Å². The van der Waals surface area contributed by atoms with Crippen LogP contribution in [0.5, 0.6) is 0 Å². The molecule has 0 aromatic carbocycles. The van der Waals surface area contributed by atoms with Crippen molar-refractivity contribution in [2.24, 2.45) is 0 Å². The van der Waals surface area contributed by atoms with Gasteiger partial charge in [-0.3, -0.25) is 0 Å². The van der Waals surface area contributed by atoms with Gasteiger partial charge in [-0.2, -0.15) is 0 Å². The number of rotatable bonds is 9. The second-order valence-corrected chi connectivity index (χ2v) is 18.0. The molecule has 0 bridgehead atoms. The summed E-state index contributed by atoms with van der Waals surface area (Å²) in [4.78, 5) is 0. The third kappa shape index (κ3) is 9.89. The predicted molar refractivity (Wildman–Crippen MR) is 198 cm³/mol. The van der Waals surface area contributed by atoms with Gasteiger partial charge >= 0.3 is 35.0 Å². The Kier molecular flexibility index (Phi) is 14.2. The molecule has 9 rings (SSSR count). The molecule has 0 saturated carbocycles. The fourth-order valence-electron chi connectivity index (χ4n) is 4.55. The van der Waals surface area contributed by atoms with Crippen LogP contribution in [0.1, 0.15) is 0 Å². The van der Waals surface area contributed by atoms with Crippen LogP contribution in [-0.2, 0) is 15.9 Å². The predicted octanol–water partition coefficient (Wildman–Crippen LogP) is 8.05. The molecule has 15 heteroatoms. The zero-order valence-electron chi connectivity index (χ0n) is 26.2. The van der Waals surface area contributed by atoms with Crippen molar-refractivity contribution in [1.29, 1.82) is 0 Å². The molecule has 0 aliphatic heterocycles. The Labute approximate surface area is 311 Å². The van der Waals surface area contributed by atoms with E-state index in [2.05, 4.69) is 0 Å². The Morgan fingerprint density at radius 1 is 0.275 bits per heavy atom. The summed E-state index contributed by atoms with van der Waals surface area (Å²) in [5, 5.41) is 0. The largest absolute Gasteiger partial charge is 0.464 e. The number of hydrogen-bond acceptors (Lipinski definition) is 9. The maximum absolute atomic E-state index is 5.45. The van der Waals surface area contributed by atoms with E-state index in [0.29, 0.717) is 0 Å². The summed E-state index contributed by atoms with van der Waals surface area (Å²) >= 11 is -0.106. The van der Waals surface area contributed by atoms with Crippen LogP contribution in [0.25, 0.3) is 0 Å². The van der Waals surface area contributed by atoms with E-state index in [1.807, 2.05) is 109 Å². The minimum Gasteiger partial charge on any atom is -0.464 e. The van der Waals surface area contributed by atoms with E-state index < -0.39 is 23.8 Å². The maximum Gasteiger partial charge on any atom is 0.140 e. The summed E-state index contributed by atoms with van der Waals surface area (Å²) in [7, 11) is 7.12. The van der Waals surface area contributed by atoms with Crippen LogP contribution < -0.4 is 49.5 Å². The first kappa shape index (κ1) is 36.8. The molecular weight excluding hydrogens is 847 g/mol. The summed E-state index contributed by atoms with van der Waals surface area (Å²) in [5.41, 5.74) is 7.87. The number of hydrogen-bond donors (Lipinski definition) is 0. The Morgan fingerprint density at radius 3 is 0.471 bits per heavy atom. The number of furan rings is 9. The molecule has 0 amide bonds. The Morgan fingerprint density at radius 2 is 0.392 bits per heavy atom. The van der Waals surface area contributed by atoms with Gasteiger partial charge in [0.25, 0.3) is 0 Å². The van der Waals surface area contributed by atoms with Crippen LogP contribution in [0.4, 0.5) is 0 Å². The van der Waals surface area contributed by atoms with Crippen molar-refractivity contribution in [2.75, 3.05) is 0 Å². The SMILES string of the molecule is [Cl][Pd][Cl].c1coc(P(c2ccco2)c2ccco2)c1.c1coc(P(c2ccco2)c2ccco2)c1.c1coc(P(c2ccco2)c2ccco2)c1. The van der Waals surface area contributed by atoms with Gasteiger partial charge in [0.1, 0.15) is 73.3 Å². The molecule has 51 heavy (non-hydrogen) atoms. The molecular formula is C36H27Cl2O9P3Pd. The summed E-state index contributed by atoms with van der Waals surface area (Å²) < 4.78 is 49.1. The van der Waals surface area contributed by atoms with Gasteiger partial charge in [0.2, 0.25) is 0 Å². The Balaban J connectivity index is 0.000000127.